The molecule has 0 aliphatic heterocycles. The number of amides is 1. The van der Waals surface area contributed by atoms with Gasteiger partial charge >= 0.3 is 0 Å². The van der Waals surface area contributed by atoms with Gasteiger partial charge in [0.05, 0.1) is 22.1 Å². The van der Waals surface area contributed by atoms with Crippen LogP contribution in [-0.2, 0) is 4.79 Å². The highest BCUT2D eigenvalue weighted by atomic mass is 35.5. The van der Waals surface area contributed by atoms with Crippen molar-refractivity contribution < 1.29 is 19.2 Å². The Labute approximate surface area is 164 Å². The average molecular weight is 399 g/mol. The molecule has 0 atom stereocenters. The summed E-state index contributed by atoms with van der Waals surface area (Å²) in [6, 6.07) is 2.40. The highest BCUT2D eigenvalue weighted by molar-refractivity contribution is 6.32. The lowest BCUT2D eigenvalue weighted by molar-refractivity contribution is -0.385. The van der Waals surface area contributed by atoms with Crippen molar-refractivity contribution >= 4 is 29.0 Å². The molecule has 0 bridgehead atoms. The Hall–Kier alpha value is -2.15. The van der Waals surface area contributed by atoms with E-state index in [9.17, 15) is 19.7 Å². The van der Waals surface area contributed by atoms with Gasteiger partial charge in [-0.25, -0.2) is 0 Å². The number of nitrogens with zero attached hydrogens (tertiary/aromatic N) is 2. The van der Waals surface area contributed by atoms with Crippen molar-refractivity contribution in [3.8, 4) is 5.75 Å². The Morgan fingerprint density at radius 3 is 2.52 bits per heavy atom. The second kappa shape index (κ2) is 11.5. The summed E-state index contributed by atoms with van der Waals surface area (Å²) in [4.78, 5) is 35.8. The SMILES string of the molecule is CCCCCCN(C)C(=O)CCCOc1cc(C(C)=O)c([N+](=O)[O-])cc1Cl. The number of Topliss-reactive ketones (excluding diaryl/α,β-unsaturated/α-hetero) is 1. The zero-order chi connectivity index (χ0) is 20.4. The number of unbranched alkanes of at least 4 members (excludes halogenated alkanes) is 3. The third-order valence-corrected chi connectivity index (χ3v) is 4.49. The molecule has 0 aliphatic rings. The zero-order valence-electron chi connectivity index (χ0n) is 16.1. The quantitative estimate of drug-likeness (QED) is 0.221. The van der Waals surface area contributed by atoms with Gasteiger partial charge in [-0.2, -0.15) is 0 Å². The van der Waals surface area contributed by atoms with Crippen molar-refractivity contribution in [3.05, 3.63) is 32.8 Å². The Kier molecular flexibility index (Phi) is 9.78. The normalized spacial score (nSPS) is 10.5. The van der Waals surface area contributed by atoms with E-state index in [-0.39, 0.29) is 34.5 Å². The fourth-order valence-electron chi connectivity index (χ4n) is 2.58. The van der Waals surface area contributed by atoms with Crippen LogP contribution in [0.3, 0.4) is 0 Å². The molecule has 1 aromatic rings. The Morgan fingerprint density at radius 2 is 1.93 bits per heavy atom. The van der Waals surface area contributed by atoms with Crippen LogP contribution >= 0.6 is 11.6 Å². The molecule has 0 heterocycles. The highest BCUT2D eigenvalue weighted by Crippen LogP contribution is 2.33. The van der Waals surface area contributed by atoms with Crippen molar-refractivity contribution in [2.45, 2.75) is 52.4 Å². The molecule has 27 heavy (non-hydrogen) atoms. The molecule has 1 amide bonds. The summed E-state index contributed by atoms with van der Waals surface area (Å²) in [7, 11) is 1.79. The molecule has 0 fully saturated rings. The zero-order valence-corrected chi connectivity index (χ0v) is 16.9. The van der Waals surface area contributed by atoms with Gasteiger partial charge in [0.15, 0.2) is 5.78 Å². The molecule has 1 aromatic carbocycles. The molecule has 0 saturated heterocycles. The molecule has 0 N–H and O–H groups in total. The number of nitro groups is 1. The molecule has 0 aliphatic carbocycles. The number of ether oxygens (including phenoxy) is 1. The molecule has 0 spiro atoms. The van der Waals surface area contributed by atoms with E-state index in [1.807, 2.05) is 0 Å². The topological polar surface area (TPSA) is 89.8 Å². The van der Waals surface area contributed by atoms with E-state index in [0.717, 1.165) is 31.9 Å². The third-order valence-electron chi connectivity index (χ3n) is 4.19. The van der Waals surface area contributed by atoms with Crippen LogP contribution in [0.4, 0.5) is 5.69 Å². The maximum atomic E-state index is 12.1. The number of carbonyl (C=O) groups excluding carboxylic acids is 2. The number of hydrogen-bond donors (Lipinski definition) is 0. The van der Waals surface area contributed by atoms with Gasteiger partial charge in [-0.1, -0.05) is 37.8 Å². The second-order valence-electron chi connectivity index (χ2n) is 6.44. The first-order chi connectivity index (χ1) is 12.8. The maximum Gasteiger partial charge on any atom is 0.281 e. The van der Waals surface area contributed by atoms with Gasteiger partial charge in [-0.3, -0.25) is 19.7 Å². The Balaban J connectivity index is 2.52. The average Bonchev–Trinajstić information content (AvgIpc) is 2.62. The Morgan fingerprint density at radius 1 is 1.22 bits per heavy atom. The van der Waals surface area contributed by atoms with Gasteiger partial charge in [0.2, 0.25) is 5.91 Å². The number of hydrogen-bond acceptors (Lipinski definition) is 5. The van der Waals surface area contributed by atoms with Gasteiger partial charge in [0, 0.05) is 26.1 Å². The summed E-state index contributed by atoms with van der Waals surface area (Å²) in [6.45, 7) is 4.36. The molecule has 0 radical (unpaired) electrons. The van der Waals surface area contributed by atoms with Crippen LogP contribution in [0.15, 0.2) is 12.1 Å². The summed E-state index contributed by atoms with van der Waals surface area (Å²) in [6.07, 6.45) is 5.28. The summed E-state index contributed by atoms with van der Waals surface area (Å²) in [5.74, 6) is -0.190. The van der Waals surface area contributed by atoms with Crippen molar-refractivity contribution in [1.29, 1.82) is 0 Å². The molecule has 150 valence electrons. The van der Waals surface area contributed by atoms with Crippen LogP contribution in [0.25, 0.3) is 0 Å². The molecular weight excluding hydrogens is 372 g/mol. The number of halogens is 1. The van der Waals surface area contributed by atoms with Crippen LogP contribution in [-0.4, -0.2) is 41.7 Å². The van der Waals surface area contributed by atoms with Crippen LogP contribution in [0.5, 0.6) is 5.75 Å². The lowest BCUT2D eigenvalue weighted by atomic mass is 10.1. The lowest BCUT2D eigenvalue weighted by Gasteiger charge is -2.17. The molecular formula is C19H27ClN2O5. The van der Waals surface area contributed by atoms with E-state index >= 15 is 0 Å². The predicted octanol–water partition coefficient (Wildman–Crippen LogP) is 4.65. The van der Waals surface area contributed by atoms with Crippen molar-refractivity contribution in [2.75, 3.05) is 20.2 Å². The van der Waals surface area contributed by atoms with E-state index in [4.69, 9.17) is 16.3 Å². The number of ketones is 1. The van der Waals surface area contributed by atoms with Gasteiger partial charge in [0.1, 0.15) is 5.75 Å². The van der Waals surface area contributed by atoms with Crippen molar-refractivity contribution in [2.24, 2.45) is 0 Å². The minimum absolute atomic E-state index is 0.0503. The van der Waals surface area contributed by atoms with Gasteiger partial charge in [-0.05, 0) is 25.8 Å². The Bertz CT molecular complexity index is 678. The summed E-state index contributed by atoms with van der Waals surface area (Å²) < 4.78 is 5.53. The number of carbonyl (C=O) groups is 2. The first kappa shape index (κ1) is 22.9. The summed E-state index contributed by atoms with van der Waals surface area (Å²) >= 11 is 6.01. The largest absolute Gasteiger partial charge is 0.492 e. The molecule has 8 heteroatoms. The van der Waals surface area contributed by atoms with E-state index in [1.54, 1.807) is 11.9 Å². The molecule has 7 nitrogen and oxygen atoms in total. The van der Waals surface area contributed by atoms with Crippen LogP contribution in [0, 0.1) is 10.1 Å². The standard InChI is InChI=1S/C19H27ClN2O5/c1-4-5-6-7-10-21(3)19(24)9-8-11-27-18-12-15(14(2)23)17(22(25)26)13-16(18)20/h12-13H,4-11H2,1-3H3. The van der Waals surface area contributed by atoms with Crippen molar-refractivity contribution in [1.82, 2.24) is 4.90 Å². The second-order valence-corrected chi connectivity index (χ2v) is 6.85. The summed E-state index contributed by atoms with van der Waals surface area (Å²) in [5.41, 5.74) is -0.401. The van der Waals surface area contributed by atoms with Crippen LogP contribution in [0.1, 0.15) is 62.7 Å². The minimum atomic E-state index is -0.651. The highest BCUT2D eigenvalue weighted by Gasteiger charge is 2.21. The first-order valence-electron chi connectivity index (χ1n) is 9.13. The molecule has 0 unspecified atom stereocenters. The number of rotatable bonds is 12. The predicted molar refractivity (Wildman–Crippen MR) is 105 cm³/mol. The maximum absolute atomic E-state index is 12.1. The van der Waals surface area contributed by atoms with Crippen LogP contribution in [0.2, 0.25) is 5.02 Å². The monoisotopic (exact) mass is 398 g/mol. The van der Waals surface area contributed by atoms with E-state index in [0.29, 0.717) is 12.8 Å². The van der Waals surface area contributed by atoms with Crippen molar-refractivity contribution in [3.63, 3.8) is 0 Å². The van der Waals surface area contributed by atoms with Gasteiger partial charge in [0.25, 0.3) is 5.69 Å². The minimum Gasteiger partial charge on any atom is -0.492 e. The van der Waals surface area contributed by atoms with E-state index < -0.39 is 10.7 Å². The molecule has 0 saturated carbocycles. The number of benzene rings is 1. The summed E-state index contributed by atoms with van der Waals surface area (Å²) in [5, 5.41) is 11.1. The van der Waals surface area contributed by atoms with Crippen LogP contribution < -0.4 is 4.74 Å². The molecule has 1 rings (SSSR count). The van der Waals surface area contributed by atoms with Gasteiger partial charge in [-0.15, -0.1) is 0 Å². The lowest BCUT2D eigenvalue weighted by Crippen LogP contribution is -2.27. The number of nitro benzene ring substituents is 1. The first-order valence-corrected chi connectivity index (χ1v) is 9.51. The van der Waals surface area contributed by atoms with E-state index in [2.05, 4.69) is 6.92 Å². The third kappa shape index (κ3) is 7.54. The fraction of sp³-hybridized carbons (Fsp3) is 0.579. The van der Waals surface area contributed by atoms with Gasteiger partial charge < -0.3 is 9.64 Å². The fourth-order valence-corrected chi connectivity index (χ4v) is 2.80. The smallest absolute Gasteiger partial charge is 0.281 e. The molecule has 0 aromatic heterocycles. The van der Waals surface area contributed by atoms with E-state index in [1.165, 1.54) is 19.4 Å².